The topological polar surface area (TPSA) is 78.1 Å². The summed E-state index contributed by atoms with van der Waals surface area (Å²) in [5.41, 5.74) is 3.31. The van der Waals surface area contributed by atoms with Gasteiger partial charge in [-0.3, -0.25) is 0 Å². The van der Waals surface area contributed by atoms with Crippen molar-refractivity contribution in [2.24, 2.45) is 17.8 Å². The smallest absolute Gasteiger partial charge is 0.264 e. The van der Waals surface area contributed by atoms with Gasteiger partial charge in [0, 0.05) is 17.3 Å². The van der Waals surface area contributed by atoms with Gasteiger partial charge in [0.2, 0.25) is 0 Å². The molecule has 4 N–H and O–H groups in total. The van der Waals surface area contributed by atoms with Crippen molar-refractivity contribution in [1.29, 1.82) is 5.41 Å². The zero-order valence-corrected chi connectivity index (χ0v) is 16.1. The molecular weight excluding hydrogens is 348 g/mol. The molecular formula is C23H28N4O+2. The van der Waals surface area contributed by atoms with Crippen molar-refractivity contribution >= 4 is 11.2 Å². The Morgan fingerprint density at radius 2 is 1.96 bits per heavy atom. The average Bonchev–Trinajstić information content (AvgIpc) is 3.65. The van der Waals surface area contributed by atoms with Crippen molar-refractivity contribution < 1.29 is 14.5 Å². The minimum Gasteiger partial charge on any atom is -0.378 e. The number of H-pyrrole nitrogens is 2. The number of aliphatic hydroxyl groups is 1. The number of fused-ring (bicyclic) bond motifs is 1. The first kappa shape index (κ1) is 17.6. The monoisotopic (exact) mass is 376 g/mol. The number of nitrogens with one attached hydrogen (secondary N) is 3. The standard InChI is InChI=1S/C23H26N4O/c24-19(13-18(16-6-7-16)17-8-9-17)23(28)22-20-5-1-2-11-27(20)21(26-22)12-15-4-3-10-25-14-15/h1-5,10-11,14,16-18,23-24,28H,6-9,12-13H2/p+2. The number of nitrogens with zero attached hydrogens (tertiary/aromatic N) is 1. The van der Waals surface area contributed by atoms with Crippen LogP contribution < -0.4 is 9.38 Å². The normalized spacial score (nSPS) is 17.9. The van der Waals surface area contributed by atoms with E-state index in [0.29, 0.717) is 11.6 Å². The fourth-order valence-corrected chi connectivity index (χ4v) is 4.56. The van der Waals surface area contributed by atoms with Crippen LogP contribution in [0.5, 0.6) is 0 Å². The second-order valence-corrected chi connectivity index (χ2v) is 8.50. The lowest BCUT2D eigenvalue weighted by atomic mass is 9.89. The van der Waals surface area contributed by atoms with Crippen LogP contribution in [0, 0.1) is 23.2 Å². The van der Waals surface area contributed by atoms with Crippen LogP contribution in [-0.2, 0) is 6.42 Å². The summed E-state index contributed by atoms with van der Waals surface area (Å²) in [5, 5.41) is 19.7. The third-order valence-corrected chi connectivity index (χ3v) is 6.36. The molecule has 3 heterocycles. The second kappa shape index (κ2) is 7.13. The van der Waals surface area contributed by atoms with Crippen LogP contribution >= 0.6 is 0 Å². The molecule has 0 aliphatic heterocycles. The average molecular weight is 377 g/mol. The quantitative estimate of drug-likeness (QED) is 0.410. The number of pyridine rings is 2. The van der Waals surface area contributed by atoms with Crippen molar-refractivity contribution in [2.75, 3.05) is 0 Å². The molecule has 144 valence electrons. The van der Waals surface area contributed by atoms with Crippen molar-refractivity contribution in [3.63, 3.8) is 0 Å². The molecule has 0 radical (unpaired) electrons. The second-order valence-electron chi connectivity index (χ2n) is 8.50. The summed E-state index contributed by atoms with van der Waals surface area (Å²) >= 11 is 0. The molecule has 0 amide bonds. The first-order valence-corrected chi connectivity index (χ1v) is 10.4. The summed E-state index contributed by atoms with van der Waals surface area (Å²) in [6, 6.07) is 10.1. The van der Waals surface area contributed by atoms with Crippen molar-refractivity contribution in [3.05, 3.63) is 66.0 Å². The molecule has 2 fully saturated rings. The zero-order chi connectivity index (χ0) is 19.1. The van der Waals surface area contributed by atoms with Gasteiger partial charge < -0.3 is 10.5 Å². The van der Waals surface area contributed by atoms with E-state index in [-0.39, 0.29) is 0 Å². The van der Waals surface area contributed by atoms with Crippen molar-refractivity contribution in [1.82, 2.24) is 4.98 Å². The van der Waals surface area contributed by atoms with Gasteiger partial charge in [-0.15, -0.1) is 0 Å². The first-order chi connectivity index (χ1) is 13.7. The van der Waals surface area contributed by atoms with E-state index in [1.807, 2.05) is 42.9 Å². The number of aromatic nitrogens is 3. The number of rotatable bonds is 8. The van der Waals surface area contributed by atoms with Crippen LogP contribution in [0.1, 0.15) is 55.3 Å². The zero-order valence-electron chi connectivity index (χ0n) is 16.1. The Hall–Kier alpha value is -2.53. The van der Waals surface area contributed by atoms with E-state index < -0.39 is 6.10 Å². The molecule has 2 aliphatic carbocycles. The SMILES string of the molecule is N=C(CC(C1CC1)C1CC1)C(O)c1[nH]c(Cc2ccc[nH+]c2)[n+]2ccccc12. The fourth-order valence-electron chi connectivity index (χ4n) is 4.56. The van der Waals surface area contributed by atoms with Crippen LogP contribution in [0.15, 0.2) is 48.9 Å². The van der Waals surface area contributed by atoms with E-state index in [4.69, 9.17) is 5.41 Å². The number of hydrogen-bond donors (Lipinski definition) is 3. The van der Waals surface area contributed by atoms with E-state index in [1.54, 1.807) is 0 Å². The van der Waals surface area contributed by atoms with Gasteiger partial charge in [-0.2, -0.15) is 4.40 Å². The summed E-state index contributed by atoms with van der Waals surface area (Å²) in [7, 11) is 0. The van der Waals surface area contributed by atoms with E-state index in [2.05, 4.69) is 20.4 Å². The fraction of sp³-hybridized carbons (Fsp3) is 0.435. The number of aliphatic hydroxyl groups excluding tert-OH is 1. The lowest BCUT2D eigenvalue weighted by Gasteiger charge is -2.17. The third kappa shape index (κ3) is 3.47. The van der Waals surface area contributed by atoms with E-state index >= 15 is 0 Å². The van der Waals surface area contributed by atoms with Gasteiger partial charge in [-0.1, -0.05) is 6.07 Å². The Bertz CT molecular complexity index is 976. The van der Waals surface area contributed by atoms with Gasteiger partial charge in [-0.25, -0.2) is 9.97 Å². The Morgan fingerprint density at radius 3 is 2.64 bits per heavy atom. The van der Waals surface area contributed by atoms with Gasteiger partial charge >= 0.3 is 0 Å². The maximum Gasteiger partial charge on any atom is 0.264 e. The molecule has 3 aromatic rings. The molecule has 0 spiro atoms. The highest BCUT2D eigenvalue weighted by Gasteiger charge is 2.42. The molecule has 1 unspecified atom stereocenters. The molecule has 2 aliphatic rings. The summed E-state index contributed by atoms with van der Waals surface area (Å²) in [6.07, 6.45) is 11.7. The van der Waals surface area contributed by atoms with Gasteiger partial charge in [0.1, 0.15) is 0 Å². The summed E-state index contributed by atoms with van der Waals surface area (Å²) < 4.78 is 2.10. The molecule has 0 saturated heterocycles. The lowest BCUT2D eigenvalue weighted by Crippen LogP contribution is -2.25. The Labute approximate surface area is 165 Å². The van der Waals surface area contributed by atoms with Gasteiger partial charge in [0.25, 0.3) is 5.82 Å². The molecule has 5 rings (SSSR count). The van der Waals surface area contributed by atoms with Crippen LogP contribution in [0.25, 0.3) is 5.52 Å². The first-order valence-electron chi connectivity index (χ1n) is 10.4. The van der Waals surface area contributed by atoms with E-state index in [1.165, 1.54) is 31.2 Å². The van der Waals surface area contributed by atoms with Gasteiger partial charge in [-0.05, 0) is 68.1 Å². The van der Waals surface area contributed by atoms with Crippen LogP contribution in [0.3, 0.4) is 0 Å². The molecule has 3 aromatic heterocycles. The Morgan fingerprint density at radius 1 is 1.18 bits per heavy atom. The largest absolute Gasteiger partial charge is 0.378 e. The third-order valence-electron chi connectivity index (χ3n) is 6.36. The number of imidazole rings is 1. The minimum atomic E-state index is -0.867. The Kier molecular flexibility index (Phi) is 4.47. The van der Waals surface area contributed by atoms with Crippen LogP contribution in [0.4, 0.5) is 0 Å². The van der Waals surface area contributed by atoms with Gasteiger partial charge in [0.15, 0.2) is 29.7 Å². The summed E-state index contributed by atoms with van der Waals surface area (Å²) in [6.45, 7) is 0. The van der Waals surface area contributed by atoms with Crippen molar-refractivity contribution in [3.8, 4) is 0 Å². The molecule has 5 nitrogen and oxygen atoms in total. The molecule has 0 bridgehead atoms. The number of hydrogen-bond acceptors (Lipinski definition) is 2. The van der Waals surface area contributed by atoms with Crippen molar-refractivity contribution in [2.45, 2.75) is 44.6 Å². The Balaban J connectivity index is 1.42. The lowest BCUT2D eigenvalue weighted by molar-refractivity contribution is -0.520. The maximum absolute atomic E-state index is 11.0. The highest BCUT2D eigenvalue weighted by atomic mass is 16.3. The highest BCUT2D eigenvalue weighted by molar-refractivity contribution is 5.88. The molecule has 28 heavy (non-hydrogen) atoms. The highest BCUT2D eigenvalue weighted by Crippen LogP contribution is 2.51. The van der Waals surface area contributed by atoms with Gasteiger partial charge in [0.05, 0.1) is 12.6 Å². The van der Waals surface area contributed by atoms with E-state index in [9.17, 15) is 5.11 Å². The summed E-state index contributed by atoms with van der Waals surface area (Å²) in [4.78, 5) is 6.57. The maximum atomic E-state index is 11.0. The molecule has 5 heteroatoms. The molecule has 1 atom stereocenters. The van der Waals surface area contributed by atoms with E-state index in [0.717, 1.165) is 41.7 Å². The molecule has 2 saturated carbocycles. The van der Waals surface area contributed by atoms with Crippen LogP contribution in [-0.4, -0.2) is 15.8 Å². The minimum absolute atomic E-state index is 0.455. The molecule has 0 aromatic carbocycles. The number of aromatic amines is 2. The predicted molar refractivity (Wildman–Crippen MR) is 106 cm³/mol. The van der Waals surface area contributed by atoms with Crippen LogP contribution in [0.2, 0.25) is 0 Å². The summed E-state index contributed by atoms with van der Waals surface area (Å²) in [5.74, 6) is 3.20. The predicted octanol–water partition coefficient (Wildman–Crippen LogP) is 3.04.